The molecule has 2 atom stereocenters. The molecule has 2 unspecified atom stereocenters. The summed E-state index contributed by atoms with van der Waals surface area (Å²) in [4.78, 5) is 26.0. The lowest BCUT2D eigenvalue weighted by Gasteiger charge is -2.37. The minimum atomic E-state index is 0.173. The van der Waals surface area contributed by atoms with Crippen LogP contribution in [-0.4, -0.2) is 36.3 Å². The van der Waals surface area contributed by atoms with E-state index in [1.165, 1.54) is 0 Å². The molecule has 1 aromatic rings. The predicted octanol–water partition coefficient (Wildman–Crippen LogP) is 1.60. The van der Waals surface area contributed by atoms with Gasteiger partial charge >= 0.3 is 0 Å². The third-order valence-electron chi connectivity index (χ3n) is 4.73. The molecule has 4 nitrogen and oxygen atoms in total. The Bertz CT molecular complexity index is 515. The Balaban J connectivity index is 1.60. The summed E-state index contributed by atoms with van der Waals surface area (Å²) in [7, 11) is 0. The quantitative estimate of drug-likeness (QED) is 0.898. The maximum absolute atomic E-state index is 12.4. The number of nitrogens with zero attached hydrogens (tertiary/aromatic N) is 1. The zero-order chi connectivity index (χ0) is 14.7. The van der Waals surface area contributed by atoms with Crippen molar-refractivity contribution in [2.24, 2.45) is 11.8 Å². The summed E-state index contributed by atoms with van der Waals surface area (Å²) in [6, 6.07) is 9.90. The molecule has 112 valence electrons. The fourth-order valence-electron chi connectivity index (χ4n) is 3.49. The number of rotatable bonds is 2. The summed E-state index contributed by atoms with van der Waals surface area (Å²) in [6.07, 6.45) is 3.06. The molecule has 0 radical (unpaired) electrons. The maximum Gasteiger partial charge on any atom is 0.226 e. The Morgan fingerprint density at radius 3 is 2.81 bits per heavy atom. The molecule has 1 N–H and O–H groups in total. The van der Waals surface area contributed by atoms with Crippen LogP contribution in [0, 0.1) is 11.8 Å². The average Bonchev–Trinajstić information content (AvgIpc) is 2.68. The number of benzene rings is 1. The van der Waals surface area contributed by atoms with Gasteiger partial charge in [0.05, 0.1) is 6.42 Å². The monoisotopic (exact) mass is 286 g/mol. The van der Waals surface area contributed by atoms with Crippen LogP contribution < -0.4 is 5.32 Å². The molecule has 2 aliphatic heterocycles. The van der Waals surface area contributed by atoms with E-state index in [4.69, 9.17) is 0 Å². The molecule has 2 fully saturated rings. The van der Waals surface area contributed by atoms with Crippen molar-refractivity contribution in [3.8, 4) is 0 Å². The van der Waals surface area contributed by atoms with Crippen molar-refractivity contribution in [2.75, 3.05) is 19.6 Å². The molecular formula is C17H22N2O2. The van der Waals surface area contributed by atoms with E-state index in [-0.39, 0.29) is 11.8 Å². The Kier molecular flexibility index (Phi) is 4.23. The molecule has 2 heterocycles. The minimum Gasteiger partial charge on any atom is -0.356 e. The standard InChI is InChI=1S/C17H22N2O2/c20-16-11-14-7-9-19(12-15(14)6-8-18-16)17(21)10-13-4-2-1-3-5-13/h1-5,14-15H,6-12H2,(H,18,20). The van der Waals surface area contributed by atoms with Crippen LogP contribution in [0.3, 0.4) is 0 Å². The van der Waals surface area contributed by atoms with Crippen LogP contribution >= 0.6 is 0 Å². The third-order valence-corrected chi connectivity index (χ3v) is 4.73. The van der Waals surface area contributed by atoms with Crippen molar-refractivity contribution in [1.82, 2.24) is 10.2 Å². The lowest BCUT2D eigenvalue weighted by atomic mass is 9.82. The van der Waals surface area contributed by atoms with Crippen LogP contribution in [0.2, 0.25) is 0 Å². The number of hydrogen-bond donors (Lipinski definition) is 1. The molecule has 0 spiro atoms. The smallest absolute Gasteiger partial charge is 0.226 e. The number of likely N-dealkylation sites (tertiary alicyclic amines) is 1. The van der Waals surface area contributed by atoms with Crippen molar-refractivity contribution in [3.63, 3.8) is 0 Å². The van der Waals surface area contributed by atoms with Crippen molar-refractivity contribution in [3.05, 3.63) is 35.9 Å². The van der Waals surface area contributed by atoms with Gasteiger partial charge in [-0.25, -0.2) is 0 Å². The second-order valence-corrected chi connectivity index (χ2v) is 6.15. The summed E-state index contributed by atoms with van der Waals surface area (Å²) in [5.74, 6) is 1.31. The highest BCUT2D eigenvalue weighted by atomic mass is 16.2. The van der Waals surface area contributed by atoms with Gasteiger partial charge in [-0.05, 0) is 30.2 Å². The van der Waals surface area contributed by atoms with Crippen LogP contribution in [0.1, 0.15) is 24.8 Å². The van der Waals surface area contributed by atoms with E-state index in [1.54, 1.807) is 0 Å². The van der Waals surface area contributed by atoms with Gasteiger partial charge < -0.3 is 10.2 Å². The van der Waals surface area contributed by atoms with Crippen molar-refractivity contribution >= 4 is 11.8 Å². The maximum atomic E-state index is 12.4. The molecule has 0 aliphatic carbocycles. The predicted molar refractivity (Wildman–Crippen MR) is 80.6 cm³/mol. The fourth-order valence-corrected chi connectivity index (χ4v) is 3.49. The molecule has 2 saturated heterocycles. The van der Waals surface area contributed by atoms with Crippen molar-refractivity contribution < 1.29 is 9.59 Å². The molecule has 21 heavy (non-hydrogen) atoms. The second kappa shape index (κ2) is 6.29. The van der Waals surface area contributed by atoms with Crippen LogP contribution in [0.5, 0.6) is 0 Å². The molecule has 0 saturated carbocycles. The van der Waals surface area contributed by atoms with Gasteiger partial charge in [0.15, 0.2) is 0 Å². The second-order valence-electron chi connectivity index (χ2n) is 6.15. The van der Waals surface area contributed by atoms with E-state index < -0.39 is 0 Å². The molecule has 1 aromatic carbocycles. The summed E-state index contributed by atoms with van der Waals surface area (Å²) < 4.78 is 0. The highest BCUT2D eigenvalue weighted by Gasteiger charge is 2.33. The summed E-state index contributed by atoms with van der Waals surface area (Å²) in [5, 5.41) is 2.94. The van der Waals surface area contributed by atoms with E-state index >= 15 is 0 Å². The largest absolute Gasteiger partial charge is 0.356 e. The molecular weight excluding hydrogens is 264 g/mol. The zero-order valence-electron chi connectivity index (χ0n) is 12.3. The molecule has 0 bridgehead atoms. The zero-order valence-corrected chi connectivity index (χ0v) is 12.3. The Labute approximate surface area is 125 Å². The van der Waals surface area contributed by atoms with E-state index in [1.807, 2.05) is 35.2 Å². The van der Waals surface area contributed by atoms with Crippen LogP contribution in [0.15, 0.2) is 30.3 Å². The number of hydrogen-bond acceptors (Lipinski definition) is 2. The third kappa shape index (κ3) is 3.43. The normalized spacial score (nSPS) is 25.7. The first-order chi connectivity index (χ1) is 10.2. The summed E-state index contributed by atoms with van der Waals surface area (Å²) >= 11 is 0. The SMILES string of the molecule is O=C1CC2CCN(C(=O)Cc3ccccc3)CC2CCN1. The van der Waals surface area contributed by atoms with E-state index in [9.17, 15) is 9.59 Å². The number of fused-ring (bicyclic) bond motifs is 1. The van der Waals surface area contributed by atoms with Gasteiger partial charge in [-0.1, -0.05) is 30.3 Å². The first-order valence-corrected chi connectivity index (χ1v) is 7.81. The number of carbonyl (C=O) groups is 2. The molecule has 2 aliphatic rings. The molecule has 2 amide bonds. The van der Waals surface area contributed by atoms with Crippen LogP contribution in [-0.2, 0) is 16.0 Å². The Morgan fingerprint density at radius 2 is 2.00 bits per heavy atom. The number of amides is 2. The van der Waals surface area contributed by atoms with Crippen molar-refractivity contribution in [2.45, 2.75) is 25.7 Å². The molecule has 3 rings (SSSR count). The number of carbonyl (C=O) groups excluding carboxylic acids is 2. The average molecular weight is 286 g/mol. The lowest BCUT2D eigenvalue weighted by Crippen LogP contribution is -2.44. The number of nitrogens with one attached hydrogen (secondary N) is 1. The Hall–Kier alpha value is -1.84. The van der Waals surface area contributed by atoms with Gasteiger partial charge in [0.25, 0.3) is 0 Å². The number of piperidine rings is 1. The van der Waals surface area contributed by atoms with Crippen molar-refractivity contribution in [1.29, 1.82) is 0 Å². The van der Waals surface area contributed by atoms with E-state index in [0.717, 1.165) is 38.0 Å². The summed E-state index contributed by atoms with van der Waals surface area (Å²) in [5.41, 5.74) is 1.07. The van der Waals surface area contributed by atoms with Gasteiger partial charge in [-0.15, -0.1) is 0 Å². The Morgan fingerprint density at radius 1 is 1.19 bits per heavy atom. The molecule has 4 heteroatoms. The van der Waals surface area contributed by atoms with E-state index in [0.29, 0.717) is 24.7 Å². The van der Waals surface area contributed by atoms with Gasteiger partial charge in [-0.3, -0.25) is 9.59 Å². The minimum absolute atomic E-state index is 0.173. The first-order valence-electron chi connectivity index (χ1n) is 7.81. The molecule has 0 aromatic heterocycles. The van der Waals surface area contributed by atoms with Gasteiger partial charge in [0, 0.05) is 26.1 Å². The van der Waals surface area contributed by atoms with Gasteiger partial charge in [0.1, 0.15) is 0 Å². The lowest BCUT2D eigenvalue weighted by molar-refractivity contribution is -0.133. The summed E-state index contributed by atoms with van der Waals surface area (Å²) in [6.45, 7) is 2.35. The van der Waals surface area contributed by atoms with E-state index in [2.05, 4.69) is 5.32 Å². The van der Waals surface area contributed by atoms with Gasteiger partial charge in [-0.2, -0.15) is 0 Å². The van der Waals surface area contributed by atoms with Crippen LogP contribution in [0.25, 0.3) is 0 Å². The fraction of sp³-hybridized carbons (Fsp3) is 0.529. The highest BCUT2D eigenvalue weighted by molar-refractivity contribution is 5.79. The van der Waals surface area contributed by atoms with Gasteiger partial charge in [0.2, 0.25) is 11.8 Å². The highest BCUT2D eigenvalue weighted by Crippen LogP contribution is 2.30. The topological polar surface area (TPSA) is 49.4 Å². The van der Waals surface area contributed by atoms with Crippen LogP contribution in [0.4, 0.5) is 0 Å². The first kappa shape index (κ1) is 14.1.